The molecule has 0 saturated carbocycles. The first-order valence-corrected chi connectivity index (χ1v) is 8.38. The van der Waals surface area contributed by atoms with Crippen molar-refractivity contribution in [3.05, 3.63) is 58.3 Å². The SMILES string of the molecule is O=C(COc1ccc(Cl)cc1Cl)N1CCNCC1c1cccnc1. The predicted molar refractivity (Wildman–Crippen MR) is 93.5 cm³/mol. The quantitative estimate of drug-likeness (QED) is 0.904. The third-order valence-electron chi connectivity index (χ3n) is 3.88. The zero-order valence-electron chi connectivity index (χ0n) is 12.9. The third-order valence-corrected chi connectivity index (χ3v) is 4.41. The van der Waals surface area contributed by atoms with E-state index in [1.54, 1.807) is 30.6 Å². The number of rotatable bonds is 4. The van der Waals surface area contributed by atoms with Crippen LogP contribution >= 0.6 is 23.2 Å². The molecule has 0 spiro atoms. The topological polar surface area (TPSA) is 54.5 Å². The second kappa shape index (κ2) is 7.83. The lowest BCUT2D eigenvalue weighted by atomic mass is 10.1. The number of carbonyl (C=O) groups is 1. The van der Waals surface area contributed by atoms with E-state index >= 15 is 0 Å². The van der Waals surface area contributed by atoms with E-state index in [0.717, 1.165) is 12.1 Å². The lowest BCUT2D eigenvalue weighted by Gasteiger charge is -2.36. The number of ether oxygens (including phenoxy) is 1. The highest BCUT2D eigenvalue weighted by molar-refractivity contribution is 6.35. The van der Waals surface area contributed by atoms with Gasteiger partial charge in [0.25, 0.3) is 5.91 Å². The molecule has 1 atom stereocenters. The van der Waals surface area contributed by atoms with Gasteiger partial charge in [0.1, 0.15) is 5.75 Å². The van der Waals surface area contributed by atoms with Crippen LogP contribution in [0.5, 0.6) is 5.75 Å². The average molecular weight is 366 g/mol. The Labute approximate surface area is 150 Å². The van der Waals surface area contributed by atoms with Gasteiger partial charge in [-0.15, -0.1) is 0 Å². The van der Waals surface area contributed by atoms with Crippen LogP contribution in [0, 0.1) is 0 Å². The Morgan fingerprint density at radius 2 is 2.25 bits per heavy atom. The average Bonchev–Trinajstić information content (AvgIpc) is 2.61. The van der Waals surface area contributed by atoms with Crippen molar-refractivity contribution >= 4 is 29.1 Å². The van der Waals surface area contributed by atoms with Crippen molar-refractivity contribution in [2.75, 3.05) is 26.2 Å². The van der Waals surface area contributed by atoms with Gasteiger partial charge in [-0.2, -0.15) is 0 Å². The summed E-state index contributed by atoms with van der Waals surface area (Å²) in [6.07, 6.45) is 3.51. The first-order valence-electron chi connectivity index (χ1n) is 7.63. The van der Waals surface area contributed by atoms with Crippen molar-refractivity contribution < 1.29 is 9.53 Å². The molecule has 2 aromatic rings. The molecule has 0 aliphatic carbocycles. The van der Waals surface area contributed by atoms with Crippen molar-refractivity contribution in [1.82, 2.24) is 15.2 Å². The Bertz CT molecular complexity index is 712. The summed E-state index contributed by atoms with van der Waals surface area (Å²) in [7, 11) is 0. The summed E-state index contributed by atoms with van der Waals surface area (Å²) in [6.45, 7) is 2.00. The van der Waals surface area contributed by atoms with Crippen molar-refractivity contribution in [2.45, 2.75) is 6.04 Å². The number of nitrogens with one attached hydrogen (secondary N) is 1. The van der Waals surface area contributed by atoms with Crippen LogP contribution in [-0.2, 0) is 4.79 Å². The molecule has 126 valence electrons. The Morgan fingerprint density at radius 3 is 3.00 bits per heavy atom. The zero-order chi connectivity index (χ0) is 16.9. The van der Waals surface area contributed by atoms with Gasteiger partial charge < -0.3 is 15.0 Å². The Kier molecular flexibility index (Phi) is 5.56. The number of aromatic nitrogens is 1. The van der Waals surface area contributed by atoms with Crippen LogP contribution in [0.4, 0.5) is 0 Å². The first kappa shape index (κ1) is 17.0. The molecule has 1 amide bonds. The van der Waals surface area contributed by atoms with E-state index in [9.17, 15) is 4.79 Å². The van der Waals surface area contributed by atoms with Gasteiger partial charge in [0, 0.05) is 37.1 Å². The van der Waals surface area contributed by atoms with E-state index in [4.69, 9.17) is 27.9 Å². The monoisotopic (exact) mass is 365 g/mol. The molecule has 5 nitrogen and oxygen atoms in total. The second-order valence-electron chi connectivity index (χ2n) is 5.46. The summed E-state index contributed by atoms with van der Waals surface area (Å²) in [5, 5.41) is 4.22. The number of nitrogens with zero attached hydrogens (tertiary/aromatic N) is 2. The first-order chi connectivity index (χ1) is 11.6. The van der Waals surface area contributed by atoms with Crippen LogP contribution in [0.1, 0.15) is 11.6 Å². The van der Waals surface area contributed by atoms with E-state index < -0.39 is 0 Å². The lowest BCUT2D eigenvalue weighted by molar-refractivity contribution is -0.136. The third kappa shape index (κ3) is 3.98. The Balaban J connectivity index is 1.68. The highest BCUT2D eigenvalue weighted by Gasteiger charge is 2.28. The second-order valence-corrected chi connectivity index (χ2v) is 6.30. The van der Waals surface area contributed by atoms with E-state index in [-0.39, 0.29) is 18.6 Å². The summed E-state index contributed by atoms with van der Waals surface area (Å²) in [5.74, 6) is 0.360. The van der Waals surface area contributed by atoms with Crippen LogP contribution in [0.3, 0.4) is 0 Å². The molecule has 1 N–H and O–H groups in total. The number of benzene rings is 1. The molecule has 1 unspecified atom stereocenters. The number of hydrogen-bond acceptors (Lipinski definition) is 4. The van der Waals surface area contributed by atoms with Gasteiger partial charge in [-0.25, -0.2) is 0 Å². The molecule has 1 aliphatic heterocycles. The van der Waals surface area contributed by atoms with Crippen LogP contribution in [-0.4, -0.2) is 42.0 Å². The van der Waals surface area contributed by atoms with E-state index in [2.05, 4.69) is 10.3 Å². The number of pyridine rings is 1. The summed E-state index contributed by atoms with van der Waals surface area (Å²) in [5.41, 5.74) is 1.00. The molecule has 0 bridgehead atoms. The molecule has 24 heavy (non-hydrogen) atoms. The van der Waals surface area contributed by atoms with Crippen LogP contribution < -0.4 is 10.1 Å². The zero-order valence-corrected chi connectivity index (χ0v) is 14.4. The smallest absolute Gasteiger partial charge is 0.261 e. The van der Waals surface area contributed by atoms with Gasteiger partial charge in [0.2, 0.25) is 0 Å². The lowest BCUT2D eigenvalue weighted by Crippen LogP contribution is -2.50. The summed E-state index contributed by atoms with van der Waals surface area (Å²) < 4.78 is 5.57. The molecule has 0 radical (unpaired) electrons. The Hall–Kier alpha value is -1.82. The van der Waals surface area contributed by atoms with Crippen LogP contribution in [0.2, 0.25) is 10.0 Å². The van der Waals surface area contributed by atoms with Gasteiger partial charge in [-0.05, 0) is 29.8 Å². The van der Waals surface area contributed by atoms with E-state index in [0.29, 0.717) is 28.9 Å². The fourth-order valence-corrected chi connectivity index (χ4v) is 3.15. The van der Waals surface area contributed by atoms with Crippen molar-refractivity contribution in [3.63, 3.8) is 0 Å². The van der Waals surface area contributed by atoms with Crippen molar-refractivity contribution in [2.24, 2.45) is 0 Å². The van der Waals surface area contributed by atoms with Gasteiger partial charge in [-0.3, -0.25) is 9.78 Å². The minimum Gasteiger partial charge on any atom is -0.482 e. The maximum absolute atomic E-state index is 12.6. The van der Waals surface area contributed by atoms with E-state index in [1.807, 2.05) is 17.0 Å². The summed E-state index contributed by atoms with van der Waals surface area (Å²) in [4.78, 5) is 18.6. The molecule has 1 aromatic heterocycles. The van der Waals surface area contributed by atoms with Crippen LogP contribution in [0.25, 0.3) is 0 Å². The fraction of sp³-hybridized carbons (Fsp3) is 0.294. The number of carbonyl (C=O) groups excluding carboxylic acids is 1. The van der Waals surface area contributed by atoms with Crippen molar-refractivity contribution in [1.29, 1.82) is 0 Å². The molecule has 1 aliphatic rings. The highest BCUT2D eigenvalue weighted by Crippen LogP contribution is 2.28. The fourth-order valence-electron chi connectivity index (χ4n) is 2.69. The molecular weight excluding hydrogens is 349 g/mol. The minimum atomic E-state index is -0.0867. The molecule has 3 rings (SSSR count). The molecule has 7 heteroatoms. The van der Waals surface area contributed by atoms with Crippen LogP contribution in [0.15, 0.2) is 42.7 Å². The highest BCUT2D eigenvalue weighted by atomic mass is 35.5. The normalized spacial score (nSPS) is 17.6. The molecule has 1 aromatic carbocycles. The van der Waals surface area contributed by atoms with Gasteiger partial charge >= 0.3 is 0 Å². The maximum Gasteiger partial charge on any atom is 0.261 e. The minimum absolute atomic E-state index is 0.0516. The number of halogens is 2. The summed E-state index contributed by atoms with van der Waals surface area (Å²) in [6, 6.07) is 8.72. The van der Waals surface area contributed by atoms with Crippen molar-refractivity contribution in [3.8, 4) is 5.75 Å². The molecule has 2 heterocycles. The van der Waals surface area contributed by atoms with Gasteiger partial charge in [0.05, 0.1) is 11.1 Å². The number of amides is 1. The molecule has 1 saturated heterocycles. The number of piperazine rings is 1. The summed E-state index contributed by atoms with van der Waals surface area (Å²) >= 11 is 11.9. The predicted octanol–water partition coefficient (Wildman–Crippen LogP) is 2.94. The van der Waals surface area contributed by atoms with Gasteiger partial charge in [-0.1, -0.05) is 29.3 Å². The van der Waals surface area contributed by atoms with E-state index in [1.165, 1.54) is 0 Å². The maximum atomic E-state index is 12.6. The molecular formula is C17H17Cl2N3O2. The molecule has 1 fully saturated rings. The van der Waals surface area contributed by atoms with Gasteiger partial charge in [0.15, 0.2) is 6.61 Å². The Morgan fingerprint density at radius 1 is 1.38 bits per heavy atom. The largest absolute Gasteiger partial charge is 0.482 e. The standard InChI is InChI=1S/C17H17Cl2N3O2/c18-13-3-4-16(14(19)8-13)24-11-17(23)22-7-6-21-10-15(22)12-2-1-5-20-9-12/h1-5,8-9,15,21H,6-7,10-11H2. The number of hydrogen-bond donors (Lipinski definition) is 1.